The lowest BCUT2D eigenvalue weighted by Gasteiger charge is -2.15. The molecule has 0 spiro atoms. The van der Waals surface area contributed by atoms with Crippen LogP contribution in [0, 0.1) is 5.82 Å². The molecule has 0 unspecified atom stereocenters. The van der Waals surface area contributed by atoms with E-state index in [1.807, 2.05) is 0 Å². The van der Waals surface area contributed by atoms with Crippen molar-refractivity contribution in [3.05, 3.63) is 53.8 Å². The Balaban J connectivity index is 2.56. The van der Waals surface area contributed by atoms with Gasteiger partial charge in [-0.1, -0.05) is 30.3 Å². The molecular formula is C14H9ClF4O. The van der Waals surface area contributed by atoms with E-state index in [1.54, 1.807) is 6.07 Å². The summed E-state index contributed by atoms with van der Waals surface area (Å²) in [5, 5.41) is 0. The molecule has 0 bridgehead atoms. The summed E-state index contributed by atoms with van der Waals surface area (Å²) >= 11 is 5.67. The third-order valence-corrected chi connectivity index (χ3v) is 2.92. The Bertz CT molecular complexity index is 610. The number of hydrogen-bond acceptors (Lipinski definition) is 1. The molecule has 1 nitrogen and oxygen atoms in total. The van der Waals surface area contributed by atoms with Crippen LogP contribution in [-0.2, 0) is 5.88 Å². The van der Waals surface area contributed by atoms with E-state index >= 15 is 0 Å². The van der Waals surface area contributed by atoms with E-state index in [4.69, 9.17) is 11.6 Å². The predicted molar refractivity (Wildman–Crippen MR) is 68.1 cm³/mol. The molecule has 0 saturated heterocycles. The fourth-order valence-electron chi connectivity index (χ4n) is 1.85. The molecule has 106 valence electrons. The van der Waals surface area contributed by atoms with Crippen molar-refractivity contribution < 1.29 is 22.3 Å². The zero-order valence-electron chi connectivity index (χ0n) is 10.0. The lowest BCUT2D eigenvalue weighted by Crippen LogP contribution is -2.17. The van der Waals surface area contributed by atoms with Gasteiger partial charge in [-0.25, -0.2) is 4.39 Å². The van der Waals surface area contributed by atoms with Crippen LogP contribution >= 0.6 is 11.6 Å². The molecule has 2 aromatic carbocycles. The van der Waals surface area contributed by atoms with E-state index < -0.39 is 17.9 Å². The van der Waals surface area contributed by atoms with E-state index in [0.29, 0.717) is 0 Å². The molecule has 20 heavy (non-hydrogen) atoms. The van der Waals surface area contributed by atoms with Crippen molar-refractivity contribution in [2.45, 2.75) is 12.2 Å². The number of halogens is 5. The third-order valence-electron chi connectivity index (χ3n) is 2.66. The van der Waals surface area contributed by atoms with Crippen molar-refractivity contribution in [3.63, 3.8) is 0 Å². The summed E-state index contributed by atoms with van der Waals surface area (Å²) in [6, 6.07) is 9.66. The standard InChI is InChI=1S/C14H9ClF4O/c15-8-11-9(5-3-6-12(11)16)10-4-1-2-7-13(10)20-14(17,18)19/h1-7H,8H2. The lowest BCUT2D eigenvalue weighted by molar-refractivity contribution is -0.274. The second kappa shape index (κ2) is 5.71. The maximum Gasteiger partial charge on any atom is 0.573 e. The van der Waals surface area contributed by atoms with Gasteiger partial charge in [0.05, 0.1) is 5.88 Å². The number of alkyl halides is 4. The Hall–Kier alpha value is -1.75. The van der Waals surface area contributed by atoms with Gasteiger partial charge in [0.2, 0.25) is 0 Å². The van der Waals surface area contributed by atoms with E-state index in [2.05, 4.69) is 4.74 Å². The molecule has 0 amide bonds. The van der Waals surface area contributed by atoms with Crippen LogP contribution in [0.1, 0.15) is 5.56 Å². The molecule has 2 aromatic rings. The number of rotatable bonds is 3. The van der Waals surface area contributed by atoms with Crippen LogP contribution in [0.15, 0.2) is 42.5 Å². The summed E-state index contributed by atoms with van der Waals surface area (Å²) in [5.74, 6) is -1.11. The van der Waals surface area contributed by atoms with E-state index in [-0.39, 0.29) is 22.6 Å². The fraction of sp³-hybridized carbons (Fsp3) is 0.143. The van der Waals surface area contributed by atoms with Gasteiger partial charge in [0.1, 0.15) is 11.6 Å². The quantitative estimate of drug-likeness (QED) is 0.564. The van der Waals surface area contributed by atoms with Crippen molar-refractivity contribution in [1.82, 2.24) is 0 Å². The smallest absolute Gasteiger partial charge is 0.405 e. The summed E-state index contributed by atoms with van der Waals surface area (Å²) in [7, 11) is 0. The van der Waals surface area contributed by atoms with Gasteiger partial charge in [-0.3, -0.25) is 0 Å². The maximum absolute atomic E-state index is 13.7. The van der Waals surface area contributed by atoms with Gasteiger partial charge in [0, 0.05) is 11.1 Å². The Kier molecular flexibility index (Phi) is 4.18. The lowest BCUT2D eigenvalue weighted by atomic mass is 9.99. The van der Waals surface area contributed by atoms with E-state index in [0.717, 1.165) is 0 Å². The summed E-state index contributed by atoms with van der Waals surface area (Å²) in [5.41, 5.74) is 0.548. The summed E-state index contributed by atoms with van der Waals surface area (Å²) in [6.45, 7) is 0. The number of ether oxygens (including phenoxy) is 1. The molecule has 0 atom stereocenters. The fourth-order valence-corrected chi connectivity index (χ4v) is 2.12. The number of hydrogen-bond donors (Lipinski definition) is 0. The molecule has 6 heteroatoms. The van der Waals surface area contributed by atoms with Crippen molar-refractivity contribution in [2.24, 2.45) is 0 Å². The van der Waals surface area contributed by atoms with Crippen LogP contribution in [0.2, 0.25) is 0 Å². The SMILES string of the molecule is Fc1cccc(-c2ccccc2OC(F)(F)F)c1CCl. The minimum absolute atomic E-state index is 0.132. The van der Waals surface area contributed by atoms with Gasteiger partial charge < -0.3 is 4.74 Å². The molecule has 0 heterocycles. The molecular weight excluding hydrogens is 296 g/mol. The van der Waals surface area contributed by atoms with Crippen molar-refractivity contribution in [1.29, 1.82) is 0 Å². The van der Waals surface area contributed by atoms with E-state index in [1.165, 1.54) is 36.4 Å². The minimum atomic E-state index is -4.81. The minimum Gasteiger partial charge on any atom is -0.405 e. The highest BCUT2D eigenvalue weighted by Gasteiger charge is 2.32. The average molecular weight is 305 g/mol. The highest BCUT2D eigenvalue weighted by molar-refractivity contribution is 6.17. The summed E-state index contributed by atoms with van der Waals surface area (Å²) in [4.78, 5) is 0. The first kappa shape index (κ1) is 14.7. The molecule has 0 aliphatic heterocycles. The second-order valence-electron chi connectivity index (χ2n) is 3.94. The van der Waals surface area contributed by atoms with E-state index in [9.17, 15) is 17.6 Å². The van der Waals surface area contributed by atoms with Crippen molar-refractivity contribution in [2.75, 3.05) is 0 Å². The second-order valence-corrected chi connectivity index (χ2v) is 4.21. The van der Waals surface area contributed by atoms with Gasteiger partial charge in [0.15, 0.2) is 0 Å². The topological polar surface area (TPSA) is 9.23 Å². The molecule has 0 N–H and O–H groups in total. The van der Waals surface area contributed by atoms with Crippen molar-refractivity contribution in [3.8, 4) is 16.9 Å². The highest BCUT2D eigenvalue weighted by atomic mass is 35.5. The molecule has 0 saturated carbocycles. The zero-order valence-corrected chi connectivity index (χ0v) is 10.8. The molecule has 0 radical (unpaired) electrons. The monoisotopic (exact) mass is 304 g/mol. The number of para-hydroxylation sites is 1. The number of benzene rings is 2. The molecule has 2 rings (SSSR count). The van der Waals surface area contributed by atoms with Crippen LogP contribution in [0.5, 0.6) is 5.75 Å². The first-order chi connectivity index (χ1) is 9.42. The van der Waals surface area contributed by atoms with Gasteiger partial charge in [-0.05, 0) is 17.7 Å². The third kappa shape index (κ3) is 3.22. The van der Waals surface area contributed by atoms with Crippen LogP contribution in [0.25, 0.3) is 11.1 Å². The molecule has 0 aliphatic rings. The Labute approximate surface area is 117 Å². The van der Waals surface area contributed by atoms with Gasteiger partial charge >= 0.3 is 6.36 Å². The highest BCUT2D eigenvalue weighted by Crippen LogP contribution is 2.36. The molecule has 0 aromatic heterocycles. The van der Waals surface area contributed by atoms with Gasteiger partial charge in [-0.2, -0.15) is 0 Å². The van der Waals surface area contributed by atoms with Gasteiger partial charge in [-0.15, -0.1) is 24.8 Å². The van der Waals surface area contributed by atoms with Gasteiger partial charge in [0.25, 0.3) is 0 Å². The Morgan fingerprint density at radius 1 is 0.950 bits per heavy atom. The Morgan fingerprint density at radius 3 is 2.25 bits per heavy atom. The maximum atomic E-state index is 13.7. The first-order valence-corrected chi connectivity index (χ1v) is 6.14. The molecule has 0 fully saturated rings. The summed E-state index contributed by atoms with van der Waals surface area (Å²) in [6.07, 6.45) is -4.81. The molecule has 0 aliphatic carbocycles. The van der Waals surface area contributed by atoms with Crippen LogP contribution in [0.4, 0.5) is 17.6 Å². The van der Waals surface area contributed by atoms with Crippen LogP contribution in [-0.4, -0.2) is 6.36 Å². The van der Waals surface area contributed by atoms with Crippen LogP contribution in [0.3, 0.4) is 0 Å². The summed E-state index contributed by atoms with van der Waals surface area (Å²) < 4.78 is 54.7. The van der Waals surface area contributed by atoms with Crippen LogP contribution < -0.4 is 4.74 Å². The normalized spacial score (nSPS) is 11.4. The zero-order chi connectivity index (χ0) is 14.8. The first-order valence-electron chi connectivity index (χ1n) is 5.61. The van der Waals surface area contributed by atoms with Crippen molar-refractivity contribution >= 4 is 11.6 Å². The largest absolute Gasteiger partial charge is 0.573 e. The average Bonchev–Trinajstić information content (AvgIpc) is 2.37. The predicted octanol–water partition coefficient (Wildman–Crippen LogP) is 5.13. The Morgan fingerprint density at radius 2 is 1.60 bits per heavy atom.